The van der Waals surface area contributed by atoms with Crippen LogP contribution in [0, 0.1) is 10.1 Å². The second-order valence-corrected chi connectivity index (χ2v) is 5.09. The minimum atomic E-state index is -0.406. The summed E-state index contributed by atoms with van der Waals surface area (Å²) < 4.78 is 0. The molecule has 14 heavy (non-hydrogen) atoms. The molecular weight excluding hydrogens is 222 g/mol. The van der Waals surface area contributed by atoms with E-state index in [1.807, 2.05) is 13.8 Å². The van der Waals surface area contributed by atoms with Gasteiger partial charge in [-0.3, -0.25) is 10.1 Å². The Morgan fingerprint density at radius 1 is 1.50 bits per heavy atom. The SMILES string of the molecule is CC(C)Sc1ccc(Cl)cc1[N+](=O)[O-]. The minimum absolute atomic E-state index is 0.0798. The number of nitro benzene ring substituents is 1. The molecule has 0 saturated carbocycles. The third-order valence-electron chi connectivity index (χ3n) is 1.48. The van der Waals surface area contributed by atoms with Gasteiger partial charge in [0.1, 0.15) is 0 Å². The Labute approximate surface area is 91.6 Å². The molecule has 0 amide bonds. The first-order valence-corrected chi connectivity index (χ1v) is 5.37. The van der Waals surface area contributed by atoms with Crippen LogP contribution >= 0.6 is 23.4 Å². The molecule has 0 bridgehead atoms. The molecule has 1 aromatic rings. The van der Waals surface area contributed by atoms with Crippen molar-refractivity contribution < 1.29 is 4.92 Å². The van der Waals surface area contributed by atoms with Crippen molar-refractivity contribution >= 4 is 29.1 Å². The fraction of sp³-hybridized carbons (Fsp3) is 0.333. The zero-order chi connectivity index (χ0) is 10.7. The topological polar surface area (TPSA) is 43.1 Å². The van der Waals surface area contributed by atoms with Crippen LogP contribution in [0.15, 0.2) is 23.1 Å². The normalized spacial score (nSPS) is 10.6. The van der Waals surface area contributed by atoms with Gasteiger partial charge in [-0.2, -0.15) is 0 Å². The largest absolute Gasteiger partial charge is 0.284 e. The molecule has 1 aromatic carbocycles. The van der Waals surface area contributed by atoms with Gasteiger partial charge in [0.2, 0.25) is 0 Å². The molecule has 5 heteroatoms. The highest BCUT2D eigenvalue weighted by Crippen LogP contribution is 2.33. The number of nitro groups is 1. The third-order valence-corrected chi connectivity index (χ3v) is 2.79. The molecular formula is C9H10ClNO2S. The number of halogens is 1. The van der Waals surface area contributed by atoms with Crippen LogP contribution in [0.5, 0.6) is 0 Å². The smallest absolute Gasteiger partial charge is 0.258 e. The predicted octanol–water partition coefficient (Wildman–Crippen LogP) is 3.75. The van der Waals surface area contributed by atoms with Crippen molar-refractivity contribution in [2.75, 3.05) is 0 Å². The molecule has 0 N–H and O–H groups in total. The van der Waals surface area contributed by atoms with Crippen molar-refractivity contribution in [3.63, 3.8) is 0 Å². The summed E-state index contributed by atoms with van der Waals surface area (Å²) in [4.78, 5) is 10.9. The summed E-state index contributed by atoms with van der Waals surface area (Å²) in [6.45, 7) is 3.98. The molecule has 3 nitrogen and oxygen atoms in total. The van der Waals surface area contributed by atoms with Gasteiger partial charge >= 0.3 is 0 Å². The summed E-state index contributed by atoms with van der Waals surface area (Å²) in [7, 11) is 0. The molecule has 0 atom stereocenters. The number of benzene rings is 1. The van der Waals surface area contributed by atoms with Crippen LogP contribution in [-0.4, -0.2) is 10.2 Å². The van der Waals surface area contributed by atoms with Crippen LogP contribution in [0.1, 0.15) is 13.8 Å². The standard InChI is InChI=1S/C9H10ClNO2S/c1-6(2)14-9-4-3-7(10)5-8(9)11(12)13/h3-6H,1-2H3. The quantitative estimate of drug-likeness (QED) is 0.452. The molecule has 0 aliphatic rings. The molecule has 0 aromatic heterocycles. The van der Waals surface area contributed by atoms with E-state index >= 15 is 0 Å². The molecule has 0 unspecified atom stereocenters. The molecule has 0 aliphatic carbocycles. The lowest BCUT2D eigenvalue weighted by molar-refractivity contribution is -0.387. The molecule has 76 valence electrons. The van der Waals surface area contributed by atoms with Crippen molar-refractivity contribution in [3.8, 4) is 0 Å². The van der Waals surface area contributed by atoms with Crippen molar-refractivity contribution in [3.05, 3.63) is 33.3 Å². The van der Waals surface area contributed by atoms with E-state index in [9.17, 15) is 10.1 Å². The highest BCUT2D eigenvalue weighted by atomic mass is 35.5. The first-order valence-electron chi connectivity index (χ1n) is 4.11. The molecule has 0 radical (unpaired) electrons. The summed E-state index contributed by atoms with van der Waals surface area (Å²) in [6.07, 6.45) is 0. The van der Waals surface area contributed by atoms with Gasteiger partial charge in [0, 0.05) is 16.3 Å². The monoisotopic (exact) mass is 231 g/mol. The van der Waals surface area contributed by atoms with Gasteiger partial charge in [0.15, 0.2) is 0 Å². The average molecular weight is 232 g/mol. The van der Waals surface area contributed by atoms with E-state index in [0.717, 1.165) is 0 Å². The molecule has 0 fully saturated rings. The van der Waals surface area contributed by atoms with E-state index in [2.05, 4.69) is 0 Å². The van der Waals surface area contributed by atoms with E-state index < -0.39 is 4.92 Å². The van der Waals surface area contributed by atoms with Gasteiger partial charge in [0.05, 0.1) is 9.82 Å². The van der Waals surface area contributed by atoms with Gasteiger partial charge in [-0.15, -0.1) is 11.8 Å². The van der Waals surface area contributed by atoms with Gasteiger partial charge in [0.25, 0.3) is 5.69 Å². The maximum Gasteiger partial charge on any atom is 0.284 e. The van der Waals surface area contributed by atoms with E-state index in [1.54, 1.807) is 12.1 Å². The van der Waals surface area contributed by atoms with Gasteiger partial charge in [-0.05, 0) is 12.1 Å². The van der Waals surface area contributed by atoms with Crippen molar-refractivity contribution in [2.45, 2.75) is 24.0 Å². The van der Waals surface area contributed by atoms with Crippen molar-refractivity contribution in [1.29, 1.82) is 0 Å². The Kier molecular flexibility index (Phi) is 3.77. The van der Waals surface area contributed by atoms with E-state index in [4.69, 9.17) is 11.6 Å². The first-order chi connectivity index (χ1) is 6.50. The van der Waals surface area contributed by atoms with E-state index in [0.29, 0.717) is 15.2 Å². The number of hydrogen-bond donors (Lipinski definition) is 0. The van der Waals surface area contributed by atoms with Crippen LogP contribution in [-0.2, 0) is 0 Å². The number of thioether (sulfide) groups is 1. The van der Waals surface area contributed by atoms with Crippen LogP contribution < -0.4 is 0 Å². The zero-order valence-electron chi connectivity index (χ0n) is 7.86. The van der Waals surface area contributed by atoms with Gasteiger partial charge in [-0.25, -0.2) is 0 Å². The van der Waals surface area contributed by atoms with Crippen molar-refractivity contribution in [2.24, 2.45) is 0 Å². The lowest BCUT2D eigenvalue weighted by atomic mass is 10.3. The molecule has 1 rings (SSSR count). The Bertz CT molecular complexity index is 355. The van der Waals surface area contributed by atoms with Crippen LogP contribution in [0.3, 0.4) is 0 Å². The van der Waals surface area contributed by atoms with Gasteiger partial charge < -0.3 is 0 Å². The van der Waals surface area contributed by atoms with Gasteiger partial charge in [-0.1, -0.05) is 25.4 Å². The summed E-state index contributed by atoms with van der Waals surface area (Å²) >= 11 is 7.15. The van der Waals surface area contributed by atoms with E-state index in [1.165, 1.54) is 17.8 Å². The predicted molar refractivity (Wildman–Crippen MR) is 59.1 cm³/mol. The van der Waals surface area contributed by atoms with Crippen LogP contribution in [0.25, 0.3) is 0 Å². The highest BCUT2D eigenvalue weighted by Gasteiger charge is 2.15. The lowest BCUT2D eigenvalue weighted by Gasteiger charge is -2.05. The minimum Gasteiger partial charge on any atom is -0.258 e. The second kappa shape index (κ2) is 4.66. The molecule has 0 aliphatic heterocycles. The maximum atomic E-state index is 10.7. The Hall–Kier alpha value is -0.740. The first kappa shape index (κ1) is 11.3. The summed E-state index contributed by atoms with van der Waals surface area (Å²) in [5, 5.41) is 11.4. The van der Waals surface area contributed by atoms with Crippen LogP contribution in [0.2, 0.25) is 5.02 Å². The van der Waals surface area contributed by atoms with E-state index in [-0.39, 0.29) is 5.69 Å². The fourth-order valence-corrected chi connectivity index (χ4v) is 2.06. The lowest BCUT2D eigenvalue weighted by Crippen LogP contribution is -1.93. The summed E-state index contributed by atoms with van der Waals surface area (Å²) in [5.74, 6) is 0. The number of rotatable bonds is 3. The average Bonchev–Trinajstić information content (AvgIpc) is 2.07. The molecule has 0 saturated heterocycles. The fourth-order valence-electron chi connectivity index (χ4n) is 0.987. The molecule has 0 heterocycles. The van der Waals surface area contributed by atoms with Crippen LogP contribution in [0.4, 0.5) is 5.69 Å². The summed E-state index contributed by atoms with van der Waals surface area (Å²) in [6, 6.07) is 4.73. The van der Waals surface area contributed by atoms with Crippen molar-refractivity contribution in [1.82, 2.24) is 0 Å². The second-order valence-electron chi connectivity index (χ2n) is 3.04. The number of nitrogens with zero attached hydrogens (tertiary/aromatic N) is 1. The summed E-state index contributed by atoms with van der Waals surface area (Å²) in [5.41, 5.74) is 0.0798. The Morgan fingerprint density at radius 2 is 2.14 bits per heavy atom. The Morgan fingerprint density at radius 3 is 2.64 bits per heavy atom. The maximum absolute atomic E-state index is 10.7. The molecule has 0 spiro atoms. The Balaban J connectivity index is 3.08. The third kappa shape index (κ3) is 2.89. The number of hydrogen-bond acceptors (Lipinski definition) is 3. The highest BCUT2D eigenvalue weighted by molar-refractivity contribution is 8.00. The zero-order valence-corrected chi connectivity index (χ0v) is 9.43.